The summed E-state index contributed by atoms with van der Waals surface area (Å²) in [6, 6.07) is 7.90. The lowest BCUT2D eigenvalue weighted by Crippen LogP contribution is -2.25. The number of carbonyl (C=O) groups is 1. The zero-order chi connectivity index (χ0) is 14.8. The highest BCUT2D eigenvalue weighted by Crippen LogP contribution is 2.13. The van der Waals surface area contributed by atoms with Crippen LogP contribution in [0.1, 0.15) is 24.8 Å². The normalized spacial score (nSPS) is 10.4. The third-order valence-corrected chi connectivity index (χ3v) is 3.38. The van der Waals surface area contributed by atoms with E-state index in [-0.39, 0.29) is 5.91 Å². The summed E-state index contributed by atoms with van der Waals surface area (Å²) in [5.74, 6) is 2.66. The van der Waals surface area contributed by atoms with Gasteiger partial charge in [-0.05, 0) is 36.1 Å². The molecule has 2 N–H and O–H groups in total. The number of allylic oxidation sites excluding steroid dienone is 2. The van der Waals surface area contributed by atoms with Crippen molar-refractivity contribution in [2.24, 2.45) is 5.14 Å². The molecule has 106 valence electrons. The predicted octanol–water partition coefficient (Wildman–Crippen LogP) is 2.97. The molecule has 0 fully saturated rings. The molecule has 0 aliphatic carbocycles. The second-order valence-corrected chi connectivity index (χ2v) is 5.14. The summed E-state index contributed by atoms with van der Waals surface area (Å²) in [5.41, 5.74) is 1.10. The van der Waals surface area contributed by atoms with Crippen LogP contribution in [0.4, 0.5) is 0 Å². The summed E-state index contributed by atoms with van der Waals surface area (Å²) >= 11 is 1.22. The molecule has 4 heteroatoms. The lowest BCUT2D eigenvalue weighted by Gasteiger charge is -2.17. The van der Waals surface area contributed by atoms with Crippen LogP contribution in [0.25, 0.3) is 0 Å². The van der Waals surface area contributed by atoms with E-state index in [2.05, 4.69) is 5.92 Å². The van der Waals surface area contributed by atoms with Crippen molar-refractivity contribution in [3.05, 3.63) is 42.0 Å². The number of hydrogen-bond acceptors (Lipinski definition) is 3. The molecule has 1 aromatic rings. The smallest absolute Gasteiger partial charge is 0.222 e. The van der Waals surface area contributed by atoms with Crippen LogP contribution in [0.2, 0.25) is 0 Å². The molecule has 0 aliphatic heterocycles. The molecule has 1 amide bonds. The number of amides is 1. The molecule has 1 rings (SSSR count). The van der Waals surface area contributed by atoms with Gasteiger partial charge in [0.2, 0.25) is 5.91 Å². The summed E-state index contributed by atoms with van der Waals surface area (Å²) < 4.78 is 0. The van der Waals surface area contributed by atoms with E-state index in [0.29, 0.717) is 19.4 Å². The van der Waals surface area contributed by atoms with Crippen molar-refractivity contribution in [1.82, 2.24) is 4.90 Å². The third-order valence-electron chi connectivity index (χ3n) is 2.83. The molecule has 0 saturated heterocycles. The maximum Gasteiger partial charge on any atom is 0.222 e. The van der Waals surface area contributed by atoms with E-state index in [9.17, 15) is 4.79 Å². The largest absolute Gasteiger partial charge is 0.341 e. The Morgan fingerprint density at radius 1 is 1.40 bits per heavy atom. The van der Waals surface area contributed by atoms with Crippen molar-refractivity contribution < 1.29 is 4.79 Å². The molecule has 20 heavy (non-hydrogen) atoms. The van der Waals surface area contributed by atoms with E-state index in [0.717, 1.165) is 16.9 Å². The second kappa shape index (κ2) is 9.24. The fraction of sp³-hybridized carbons (Fsp3) is 0.312. The van der Waals surface area contributed by atoms with Gasteiger partial charge in [-0.3, -0.25) is 9.93 Å². The molecule has 0 unspecified atom stereocenters. The van der Waals surface area contributed by atoms with Gasteiger partial charge in [0, 0.05) is 31.3 Å². The summed E-state index contributed by atoms with van der Waals surface area (Å²) in [6.07, 6.45) is 10.9. The first-order chi connectivity index (χ1) is 9.67. The first-order valence-corrected chi connectivity index (χ1v) is 7.33. The molecule has 0 spiro atoms. The molecule has 3 nitrogen and oxygen atoms in total. The van der Waals surface area contributed by atoms with Gasteiger partial charge in [0.25, 0.3) is 0 Å². The van der Waals surface area contributed by atoms with Gasteiger partial charge in [0.15, 0.2) is 0 Å². The van der Waals surface area contributed by atoms with Crippen molar-refractivity contribution >= 4 is 17.9 Å². The predicted molar refractivity (Wildman–Crippen MR) is 84.8 cm³/mol. The van der Waals surface area contributed by atoms with Crippen molar-refractivity contribution in [2.75, 3.05) is 7.05 Å². The van der Waals surface area contributed by atoms with Gasteiger partial charge in [0.05, 0.1) is 0 Å². The average molecular weight is 288 g/mol. The monoisotopic (exact) mass is 288 g/mol. The highest BCUT2D eigenvalue weighted by atomic mass is 32.2. The topological polar surface area (TPSA) is 46.3 Å². The second-order valence-electron chi connectivity index (χ2n) is 4.43. The van der Waals surface area contributed by atoms with Crippen LogP contribution in [0.5, 0.6) is 0 Å². The number of benzene rings is 1. The lowest BCUT2D eigenvalue weighted by atomic mass is 10.2. The number of nitrogens with zero attached hydrogens (tertiary/aromatic N) is 1. The minimum atomic E-state index is 0.132. The summed E-state index contributed by atoms with van der Waals surface area (Å²) in [7, 11) is 1.82. The van der Waals surface area contributed by atoms with Crippen molar-refractivity contribution in [1.29, 1.82) is 0 Å². The summed E-state index contributed by atoms with van der Waals surface area (Å²) in [4.78, 5) is 14.7. The van der Waals surface area contributed by atoms with Crippen LogP contribution in [0.3, 0.4) is 0 Å². The Bertz CT molecular complexity index is 488. The fourth-order valence-corrected chi connectivity index (χ4v) is 2.00. The molecular formula is C16H20N2OS. The van der Waals surface area contributed by atoms with Gasteiger partial charge < -0.3 is 4.90 Å². The van der Waals surface area contributed by atoms with Gasteiger partial charge in [-0.1, -0.05) is 24.3 Å². The van der Waals surface area contributed by atoms with E-state index in [1.807, 2.05) is 43.5 Å². The Balaban J connectivity index is 2.39. The Kier molecular flexibility index (Phi) is 7.56. The van der Waals surface area contributed by atoms with E-state index < -0.39 is 0 Å². The maximum absolute atomic E-state index is 11.9. The van der Waals surface area contributed by atoms with Crippen molar-refractivity contribution in [2.45, 2.75) is 30.7 Å². The quantitative estimate of drug-likeness (QED) is 0.476. The molecular weight excluding hydrogens is 268 g/mol. The number of terminal acetylenes is 1. The first kappa shape index (κ1) is 16.4. The number of hydrogen-bond donors (Lipinski definition) is 1. The zero-order valence-electron chi connectivity index (χ0n) is 11.7. The van der Waals surface area contributed by atoms with Gasteiger partial charge in [-0.15, -0.1) is 12.3 Å². The molecule has 0 heterocycles. The molecule has 0 saturated carbocycles. The lowest BCUT2D eigenvalue weighted by molar-refractivity contribution is -0.130. The summed E-state index contributed by atoms with van der Waals surface area (Å²) in [6.45, 7) is 0.614. The van der Waals surface area contributed by atoms with Crippen LogP contribution in [-0.4, -0.2) is 17.9 Å². The van der Waals surface area contributed by atoms with Gasteiger partial charge in [-0.25, -0.2) is 0 Å². The Hall–Kier alpha value is -1.70. The Morgan fingerprint density at radius 2 is 2.10 bits per heavy atom. The molecule has 0 aromatic heterocycles. The number of carbonyl (C=O) groups excluding carboxylic acids is 1. The standard InChI is InChI=1S/C16H20N2OS/c1-3-4-5-6-7-8-16(19)18(2)13-14-9-11-15(20-17)12-10-14/h1,5-6,9-12H,4,7-8,13,17H2,2H3/b6-5+. The van der Waals surface area contributed by atoms with Crippen molar-refractivity contribution in [3.63, 3.8) is 0 Å². The highest BCUT2D eigenvalue weighted by molar-refractivity contribution is 7.97. The fourth-order valence-electron chi connectivity index (χ4n) is 1.70. The molecule has 0 aliphatic rings. The molecule has 1 aromatic carbocycles. The van der Waals surface area contributed by atoms with E-state index in [4.69, 9.17) is 11.6 Å². The third kappa shape index (κ3) is 5.96. The highest BCUT2D eigenvalue weighted by Gasteiger charge is 2.08. The molecule has 0 radical (unpaired) electrons. The molecule has 0 atom stereocenters. The Morgan fingerprint density at radius 3 is 2.70 bits per heavy atom. The van der Waals surface area contributed by atoms with Crippen LogP contribution >= 0.6 is 11.9 Å². The average Bonchev–Trinajstić information content (AvgIpc) is 2.47. The van der Waals surface area contributed by atoms with Crippen molar-refractivity contribution in [3.8, 4) is 12.3 Å². The summed E-state index contributed by atoms with van der Waals surface area (Å²) in [5, 5.41) is 5.47. The van der Waals surface area contributed by atoms with Crippen LogP contribution in [-0.2, 0) is 11.3 Å². The van der Waals surface area contributed by atoms with E-state index in [1.165, 1.54) is 11.9 Å². The van der Waals surface area contributed by atoms with E-state index >= 15 is 0 Å². The first-order valence-electron chi connectivity index (χ1n) is 6.45. The molecule has 0 bridgehead atoms. The minimum Gasteiger partial charge on any atom is -0.341 e. The minimum absolute atomic E-state index is 0.132. The van der Waals surface area contributed by atoms with Crippen LogP contribution in [0.15, 0.2) is 41.3 Å². The zero-order valence-corrected chi connectivity index (χ0v) is 12.5. The van der Waals surface area contributed by atoms with Gasteiger partial charge >= 0.3 is 0 Å². The van der Waals surface area contributed by atoms with E-state index in [1.54, 1.807) is 4.90 Å². The SMILES string of the molecule is C#CC/C=C/CCC(=O)N(C)Cc1ccc(SN)cc1. The maximum atomic E-state index is 11.9. The number of rotatable bonds is 7. The number of nitrogens with two attached hydrogens (primary N) is 1. The van der Waals surface area contributed by atoms with Crippen LogP contribution in [0, 0.1) is 12.3 Å². The van der Waals surface area contributed by atoms with Gasteiger partial charge in [0.1, 0.15) is 0 Å². The van der Waals surface area contributed by atoms with Gasteiger partial charge in [-0.2, -0.15) is 0 Å². The van der Waals surface area contributed by atoms with Crippen LogP contribution < -0.4 is 5.14 Å². The Labute approximate surface area is 125 Å².